The van der Waals surface area contributed by atoms with Gasteiger partial charge in [-0.25, -0.2) is 0 Å². The first-order valence-corrected chi connectivity index (χ1v) is 6.60. The summed E-state index contributed by atoms with van der Waals surface area (Å²) in [7, 11) is 1.54. The van der Waals surface area contributed by atoms with Gasteiger partial charge in [0.05, 0.1) is 11.5 Å². The Balaban J connectivity index is 2.46. The molecule has 0 saturated carbocycles. The molecule has 0 saturated heterocycles. The molecule has 102 valence electrons. The minimum absolute atomic E-state index is 0.0729. The summed E-state index contributed by atoms with van der Waals surface area (Å²) in [6.07, 6.45) is 0. The Labute approximate surface area is 114 Å². The molecule has 19 heavy (non-hydrogen) atoms. The molecular weight excluding hydrogens is 268 g/mol. The Morgan fingerprint density at radius 2 is 1.79 bits per heavy atom. The molecule has 0 aromatic heterocycles. The third-order valence-corrected chi connectivity index (χ3v) is 3.03. The van der Waals surface area contributed by atoms with Crippen molar-refractivity contribution < 1.29 is 19.5 Å². The van der Waals surface area contributed by atoms with Gasteiger partial charge in [-0.15, -0.1) is 11.8 Å². The fourth-order valence-corrected chi connectivity index (χ4v) is 1.81. The second kappa shape index (κ2) is 7.42. The van der Waals surface area contributed by atoms with E-state index in [1.165, 1.54) is 7.05 Å². The number of benzene rings is 1. The number of anilines is 1. The summed E-state index contributed by atoms with van der Waals surface area (Å²) < 4.78 is 0. The zero-order valence-electron chi connectivity index (χ0n) is 10.3. The average Bonchev–Trinajstić information content (AvgIpc) is 2.38. The lowest BCUT2D eigenvalue weighted by Gasteiger charge is -2.05. The maximum Gasteiger partial charge on any atom is 0.313 e. The van der Waals surface area contributed by atoms with E-state index >= 15 is 0 Å². The summed E-state index contributed by atoms with van der Waals surface area (Å²) in [5.74, 6) is -1.46. The smallest absolute Gasteiger partial charge is 0.313 e. The highest BCUT2D eigenvalue weighted by molar-refractivity contribution is 8.00. The fraction of sp³-hybridized carbons (Fsp3) is 0.250. The molecule has 1 aromatic carbocycles. The lowest BCUT2D eigenvalue weighted by Crippen LogP contribution is -2.18. The van der Waals surface area contributed by atoms with Crippen LogP contribution in [0.3, 0.4) is 0 Å². The Morgan fingerprint density at radius 3 is 2.32 bits per heavy atom. The van der Waals surface area contributed by atoms with E-state index in [9.17, 15) is 14.4 Å². The molecule has 0 heterocycles. The highest BCUT2D eigenvalue weighted by atomic mass is 32.2. The third-order valence-electron chi connectivity index (χ3n) is 2.12. The van der Waals surface area contributed by atoms with Crippen molar-refractivity contribution in [2.45, 2.75) is 0 Å². The van der Waals surface area contributed by atoms with E-state index in [2.05, 4.69) is 10.6 Å². The van der Waals surface area contributed by atoms with Crippen LogP contribution in [0.15, 0.2) is 24.3 Å². The largest absolute Gasteiger partial charge is 0.481 e. The van der Waals surface area contributed by atoms with Crippen molar-refractivity contribution >= 4 is 35.2 Å². The van der Waals surface area contributed by atoms with E-state index in [1.807, 2.05) is 0 Å². The zero-order chi connectivity index (χ0) is 14.3. The average molecular weight is 282 g/mol. The lowest BCUT2D eigenvalue weighted by atomic mass is 10.2. The van der Waals surface area contributed by atoms with Crippen LogP contribution in [0.4, 0.5) is 5.69 Å². The highest BCUT2D eigenvalue weighted by Gasteiger charge is 2.06. The molecule has 0 radical (unpaired) electrons. The molecule has 0 aliphatic heterocycles. The van der Waals surface area contributed by atoms with Crippen molar-refractivity contribution in [3.63, 3.8) is 0 Å². The summed E-state index contributed by atoms with van der Waals surface area (Å²) >= 11 is 1.02. The minimum Gasteiger partial charge on any atom is -0.481 e. The first-order valence-electron chi connectivity index (χ1n) is 5.44. The van der Waals surface area contributed by atoms with E-state index in [-0.39, 0.29) is 23.3 Å². The first-order chi connectivity index (χ1) is 9.02. The molecule has 2 amide bonds. The Morgan fingerprint density at radius 1 is 1.16 bits per heavy atom. The summed E-state index contributed by atoms with van der Waals surface area (Å²) in [5, 5.41) is 13.5. The number of aliphatic carboxylic acids is 1. The van der Waals surface area contributed by atoms with Crippen LogP contribution in [0.2, 0.25) is 0 Å². The van der Waals surface area contributed by atoms with Gasteiger partial charge in [-0.05, 0) is 24.3 Å². The van der Waals surface area contributed by atoms with Gasteiger partial charge in [0.15, 0.2) is 0 Å². The number of nitrogens with one attached hydrogen (secondary N) is 2. The van der Waals surface area contributed by atoms with Gasteiger partial charge in [-0.3, -0.25) is 14.4 Å². The highest BCUT2D eigenvalue weighted by Crippen LogP contribution is 2.10. The quantitative estimate of drug-likeness (QED) is 0.717. The summed E-state index contributed by atoms with van der Waals surface area (Å²) in [4.78, 5) is 33.0. The minimum atomic E-state index is -0.951. The molecule has 7 heteroatoms. The number of hydrogen-bond donors (Lipinski definition) is 3. The predicted octanol–water partition coefficient (Wildman–Crippen LogP) is 0.802. The van der Waals surface area contributed by atoms with Crippen molar-refractivity contribution in [2.75, 3.05) is 23.9 Å². The normalized spacial score (nSPS) is 9.74. The first kappa shape index (κ1) is 15.0. The number of carboxylic acid groups (broad SMARTS) is 1. The number of thioether (sulfide) groups is 1. The molecule has 0 spiro atoms. The molecule has 0 atom stereocenters. The molecule has 0 aliphatic rings. The van der Waals surface area contributed by atoms with Crippen LogP contribution in [0.1, 0.15) is 10.4 Å². The number of carbonyl (C=O) groups excluding carboxylic acids is 2. The van der Waals surface area contributed by atoms with Gasteiger partial charge >= 0.3 is 5.97 Å². The van der Waals surface area contributed by atoms with E-state index in [0.717, 1.165) is 11.8 Å². The molecule has 3 N–H and O–H groups in total. The molecular formula is C12H14N2O4S. The number of hydrogen-bond acceptors (Lipinski definition) is 4. The Hall–Kier alpha value is -2.02. The second-order valence-electron chi connectivity index (χ2n) is 3.59. The molecule has 0 bridgehead atoms. The molecule has 0 aliphatic carbocycles. The van der Waals surface area contributed by atoms with Crippen molar-refractivity contribution in [3.8, 4) is 0 Å². The summed E-state index contributed by atoms with van der Waals surface area (Å²) in [6, 6.07) is 6.42. The fourth-order valence-electron chi connectivity index (χ4n) is 1.28. The van der Waals surface area contributed by atoms with Crippen LogP contribution >= 0.6 is 11.8 Å². The van der Waals surface area contributed by atoms with Gasteiger partial charge < -0.3 is 15.7 Å². The number of carbonyl (C=O) groups is 3. The second-order valence-corrected chi connectivity index (χ2v) is 4.58. The molecule has 1 aromatic rings. The van der Waals surface area contributed by atoms with E-state index in [0.29, 0.717) is 11.3 Å². The summed E-state index contributed by atoms with van der Waals surface area (Å²) in [5.41, 5.74) is 1.06. The van der Waals surface area contributed by atoms with Gasteiger partial charge in [-0.1, -0.05) is 0 Å². The van der Waals surface area contributed by atoms with Crippen LogP contribution in [0, 0.1) is 0 Å². The third kappa shape index (κ3) is 5.43. The van der Waals surface area contributed by atoms with Crippen LogP contribution in [0.25, 0.3) is 0 Å². The number of rotatable bonds is 6. The van der Waals surface area contributed by atoms with Crippen LogP contribution in [-0.4, -0.2) is 41.4 Å². The summed E-state index contributed by atoms with van der Waals surface area (Å²) in [6.45, 7) is 0. The van der Waals surface area contributed by atoms with Crippen molar-refractivity contribution in [2.24, 2.45) is 0 Å². The van der Waals surface area contributed by atoms with Gasteiger partial charge in [0, 0.05) is 18.3 Å². The van der Waals surface area contributed by atoms with E-state index < -0.39 is 5.97 Å². The van der Waals surface area contributed by atoms with Crippen molar-refractivity contribution in [1.29, 1.82) is 0 Å². The SMILES string of the molecule is CNC(=O)c1ccc(NC(=O)CSCC(=O)O)cc1. The Kier molecular flexibility index (Phi) is 5.87. The van der Waals surface area contributed by atoms with Gasteiger partial charge in [-0.2, -0.15) is 0 Å². The lowest BCUT2D eigenvalue weighted by molar-refractivity contribution is -0.133. The topological polar surface area (TPSA) is 95.5 Å². The van der Waals surface area contributed by atoms with E-state index in [4.69, 9.17) is 5.11 Å². The molecule has 6 nitrogen and oxygen atoms in total. The molecule has 1 rings (SSSR count). The van der Waals surface area contributed by atoms with Crippen LogP contribution in [-0.2, 0) is 9.59 Å². The maximum absolute atomic E-state index is 11.5. The van der Waals surface area contributed by atoms with Crippen LogP contribution in [0.5, 0.6) is 0 Å². The van der Waals surface area contributed by atoms with E-state index in [1.54, 1.807) is 24.3 Å². The number of amides is 2. The zero-order valence-corrected chi connectivity index (χ0v) is 11.1. The van der Waals surface area contributed by atoms with Crippen molar-refractivity contribution in [1.82, 2.24) is 5.32 Å². The Bertz CT molecular complexity index is 473. The molecule has 0 fully saturated rings. The van der Waals surface area contributed by atoms with Gasteiger partial charge in [0.25, 0.3) is 5.91 Å². The predicted molar refractivity (Wildman–Crippen MR) is 73.4 cm³/mol. The number of carboxylic acids is 1. The van der Waals surface area contributed by atoms with Crippen molar-refractivity contribution in [3.05, 3.63) is 29.8 Å². The monoisotopic (exact) mass is 282 g/mol. The van der Waals surface area contributed by atoms with Crippen LogP contribution < -0.4 is 10.6 Å². The van der Waals surface area contributed by atoms with Gasteiger partial charge in [0.2, 0.25) is 5.91 Å². The van der Waals surface area contributed by atoms with Gasteiger partial charge in [0.1, 0.15) is 0 Å². The standard InChI is InChI=1S/C12H14N2O4S/c1-13-12(18)8-2-4-9(5-3-8)14-10(15)6-19-7-11(16)17/h2-5H,6-7H2,1H3,(H,13,18)(H,14,15)(H,16,17). The maximum atomic E-state index is 11.5. The molecule has 0 unspecified atom stereocenters.